The van der Waals surface area contributed by atoms with Crippen LogP contribution in [0.25, 0.3) is 0 Å². The fourth-order valence-corrected chi connectivity index (χ4v) is 4.58. The molecule has 9 heteroatoms. The molecule has 0 bridgehead atoms. The van der Waals surface area contributed by atoms with E-state index >= 15 is 0 Å². The van der Waals surface area contributed by atoms with Gasteiger partial charge in [0.05, 0.1) is 22.9 Å². The first-order valence-electron chi connectivity index (χ1n) is 9.95. The molecule has 0 saturated carbocycles. The quantitative estimate of drug-likeness (QED) is 0.699. The van der Waals surface area contributed by atoms with Gasteiger partial charge in [-0.15, -0.1) is 0 Å². The Hall–Kier alpha value is -2.78. The molecule has 2 N–H and O–H groups in total. The Bertz CT molecular complexity index is 995. The number of piperidine rings is 1. The minimum Gasteiger partial charge on any atom is -0.348 e. The molecule has 1 fully saturated rings. The number of anilines is 1. The maximum Gasteiger partial charge on any atom is 0.253 e. The number of sulfonamides is 1. The average Bonchev–Trinajstić information content (AvgIpc) is 2.78. The van der Waals surface area contributed by atoms with Crippen molar-refractivity contribution in [3.8, 4) is 0 Å². The molecule has 1 atom stereocenters. The third kappa shape index (κ3) is 5.43. The van der Waals surface area contributed by atoms with Gasteiger partial charge in [-0.1, -0.05) is 18.2 Å². The highest BCUT2D eigenvalue weighted by Gasteiger charge is 2.31. The summed E-state index contributed by atoms with van der Waals surface area (Å²) in [6.45, 7) is 2.52. The molecule has 1 unspecified atom stereocenters. The minimum atomic E-state index is -3.33. The molecule has 2 aromatic rings. The first-order chi connectivity index (χ1) is 14.4. The van der Waals surface area contributed by atoms with Gasteiger partial charge in [-0.05, 0) is 43.5 Å². The number of amides is 2. The van der Waals surface area contributed by atoms with Gasteiger partial charge < -0.3 is 10.6 Å². The van der Waals surface area contributed by atoms with Crippen LogP contribution in [0.2, 0.25) is 0 Å². The average molecular weight is 431 g/mol. The fourth-order valence-electron chi connectivity index (χ4n) is 3.40. The molecule has 2 amide bonds. The van der Waals surface area contributed by atoms with E-state index in [0.717, 1.165) is 5.56 Å². The zero-order valence-corrected chi connectivity index (χ0v) is 17.7. The van der Waals surface area contributed by atoms with Gasteiger partial charge in [-0.3, -0.25) is 14.6 Å². The lowest BCUT2D eigenvalue weighted by atomic mass is 9.98. The van der Waals surface area contributed by atoms with Crippen molar-refractivity contribution in [1.82, 2.24) is 14.6 Å². The lowest BCUT2D eigenvalue weighted by Crippen LogP contribution is -2.44. The molecule has 0 spiro atoms. The minimum absolute atomic E-state index is 0.0152. The first kappa shape index (κ1) is 21.9. The summed E-state index contributed by atoms with van der Waals surface area (Å²) in [5.74, 6) is -1.03. The summed E-state index contributed by atoms with van der Waals surface area (Å²) in [6.07, 6.45) is 4.57. The summed E-state index contributed by atoms with van der Waals surface area (Å²) < 4.78 is 25.7. The second-order valence-corrected chi connectivity index (χ2v) is 9.43. The molecular formula is C21H26N4O4S. The Morgan fingerprint density at radius 1 is 1.20 bits per heavy atom. The summed E-state index contributed by atoms with van der Waals surface area (Å²) in [6, 6.07) is 10.4. The van der Waals surface area contributed by atoms with E-state index in [4.69, 9.17) is 0 Å². The van der Waals surface area contributed by atoms with Crippen LogP contribution in [-0.2, 0) is 21.4 Å². The maximum atomic E-state index is 12.8. The van der Waals surface area contributed by atoms with Crippen LogP contribution in [0.15, 0.2) is 48.8 Å². The first-order valence-corrected chi connectivity index (χ1v) is 11.6. The van der Waals surface area contributed by atoms with Crippen molar-refractivity contribution in [1.29, 1.82) is 0 Å². The van der Waals surface area contributed by atoms with Crippen LogP contribution in [0.5, 0.6) is 0 Å². The number of nitrogens with zero attached hydrogens (tertiary/aromatic N) is 2. The molecule has 160 valence electrons. The Balaban J connectivity index is 1.66. The Morgan fingerprint density at radius 3 is 2.73 bits per heavy atom. The summed E-state index contributed by atoms with van der Waals surface area (Å²) >= 11 is 0. The normalized spacial score (nSPS) is 17.3. The highest BCUT2D eigenvalue weighted by atomic mass is 32.2. The molecule has 8 nitrogen and oxygen atoms in total. The SMILES string of the molecule is CCS(=O)(=O)N1CCCC(C(=O)Nc2ccccc2C(=O)NCc2cccnc2)C1. The Labute approximate surface area is 176 Å². The van der Waals surface area contributed by atoms with Crippen molar-refractivity contribution >= 4 is 27.5 Å². The number of para-hydroxylation sites is 1. The number of hydrogen-bond donors (Lipinski definition) is 2. The van der Waals surface area contributed by atoms with Crippen LogP contribution in [0.3, 0.4) is 0 Å². The molecule has 1 aliphatic heterocycles. The highest BCUT2D eigenvalue weighted by molar-refractivity contribution is 7.89. The zero-order valence-electron chi connectivity index (χ0n) is 16.9. The number of carbonyl (C=O) groups excluding carboxylic acids is 2. The molecular weight excluding hydrogens is 404 g/mol. The number of pyridine rings is 1. The number of rotatable bonds is 7. The molecule has 1 aromatic carbocycles. The lowest BCUT2D eigenvalue weighted by molar-refractivity contribution is -0.120. The third-order valence-corrected chi connectivity index (χ3v) is 6.97. The van der Waals surface area contributed by atoms with E-state index in [-0.39, 0.29) is 24.1 Å². The molecule has 30 heavy (non-hydrogen) atoms. The summed E-state index contributed by atoms with van der Waals surface area (Å²) in [4.78, 5) is 29.5. The highest BCUT2D eigenvalue weighted by Crippen LogP contribution is 2.22. The fraction of sp³-hybridized carbons (Fsp3) is 0.381. The lowest BCUT2D eigenvalue weighted by Gasteiger charge is -2.31. The van der Waals surface area contributed by atoms with Crippen LogP contribution in [0.4, 0.5) is 5.69 Å². The number of nitrogens with one attached hydrogen (secondary N) is 2. The van der Waals surface area contributed by atoms with E-state index in [1.54, 1.807) is 49.6 Å². The molecule has 1 saturated heterocycles. The van der Waals surface area contributed by atoms with E-state index < -0.39 is 15.9 Å². The van der Waals surface area contributed by atoms with E-state index in [1.807, 2.05) is 6.07 Å². The number of benzene rings is 1. The molecule has 1 aliphatic rings. The van der Waals surface area contributed by atoms with Crippen molar-refractivity contribution in [3.63, 3.8) is 0 Å². The predicted molar refractivity (Wildman–Crippen MR) is 114 cm³/mol. The molecule has 1 aromatic heterocycles. The van der Waals surface area contributed by atoms with Gasteiger partial charge in [-0.25, -0.2) is 12.7 Å². The third-order valence-electron chi connectivity index (χ3n) is 5.12. The summed E-state index contributed by atoms with van der Waals surface area (Å²) in [7, 11) is -3.33. The van der Waals surface area contributed by atoms with E-state index in [9.17, 15) is 18.0 Å². The largest absolute Gasteiger partial charge is 0.348 e. The van der Waals surface area contributed by atoms with Gasteiger partial charge >= 0.3 is 0 Å². The van der Waals surface area contributed by atoms with Crippen molar-refractivity contribution < 1.29 is 18.0 Å². The van der Waals surface area contributed by atoms with Crippen molar-refractivity contribution in [2.45, 2.75) is 26.3 Å². The Morgan fingerprint density at radius 2 is 2.00 bits per heavy atom. The van der Waals surface area contributed by atoms with Crippen molar-refractivity contribution in [3.05, 3.63) is 59.9 Å². The number of carbonyl (C=O) groups is 2. The van der Waals surface area contributed by atoms with Gasteiger partial charge in [0.25, 0.3) is 5.91 Å². The molecule has 2 heterocycles. The molecule has 0 radical (unpaired) electrons. The second kappa shape index (κ2) is 9.82. The smallest absolute Gasteiger partial charge is 0.253 e. The monoisotopic (exact) mass is 430 g/mol. The van der Waals surface area contributed by atoms with Gasteiger partial charge in [0.1, 0.15) is 0 Å². The predicted octanol–water partition coefficient (Wildman–Crippen LogP) is 2.01. The molecule has 3 rings (SSSR count). The van der Waals surface area contributed by atoms with Crippen LogP contribution in [0.1, 0.15) is 35.7 Å². The van der Waals surface area contributed by atoms with E-state index in [0.29, 0.717) is 37.2 Å². The molecule has 0 aliphatic carbocycles. The van der Waals surface area contributed by atoms with Gasteiger partial charge in [0.2, 0.25) is 15.9 Å². The van der Waals surface area contributed by atoms with E-state index in [2.05, 4.69) is 15.6 Å². The van der Waals surface area contributed by atoms with E-state index in [1.165, 1.54) is 4.31 Å². The second-order valence-electron chi connectivity index (χ2n) is 7.18. The standard InChI is InChI=1S/C21H26N4O4S/c1-2-30(28,29)25-12-6-8-17(15-25)20(26)24-19-10-4-3-9-18(19)21(27)23-14-16-7-5-11-22-13-16/h3-5,7,9-11,13,17H,2,6,8,12,14-15H2,1H3,(H,23,27)(H,24,26). The van der Waals surface area contributed by atoms with Crippen LogP contribution in [0, 0.1) is 5.92 Å². The topological polar surface area (TPSA) is 108 Å². The van der Waals surface area contributed by atoms with Gasteiger partial charge in [0.15, 0.2) is 0 Å². The number of aromatic nitrogens is 1. The maximum absolute atomic E-state index is 12.8. The number of hydrogen-bond acceptors (Lipinski definition) is 5. The van der Waals surface area contributed by atoms with Crippen molar-refractivity contribution in [2.24, 2.45) is 5.92 Å². The van der Waals surface area contributed by atoms with Crippen LogP contribution in [-0.4, -0.2) is 48.4 Å². The summed E-state index contributed by atoms with van der Waals surface area (Å²) in [5.41, 5.74) is 1.62. The van der Waals surface area contributed by atoms with Crippen molar-refractivity contribution in [2.75, 3.05) is 24.2 Å². The van der Waals surface area contributed by atoms with Crippen LogP contribution < -0.4 is 10.6 Å². The van der Waals surface area contributed by atoms with Gasteiger partial charge in [0, 0.05) is 32.0 Å². The Kier molecular flexibility index (Phi) is 7.17. The van der Waals surface area contributed by atoms with Gasteiger partial charge in [-0.2, -0.15) is 0 Å². The summed E-state index contributed by atoms with van der Waals surface area (Å²) in [5, 5.41) is 5.64. The van der Waals surface area contributed by atoms with Crippen LogP contribution >= 0.6 is 0 Å². The zero-order chi connectivity index (χ0) is 21.6.